The van der Waals surface area contributed by atoms with Gasteiger partial charge in [-0.2, -0.15) is 5.26 Å². The van der Waals surface area contributed by atoms with Crippen LogP contribution in [0.5, 0.6) is 0 Å². The quantitative estimate of drug-likeness (QED) is 0.546. The molecule has 26 heavy (non-hydrogen) atoms. The van der Waals surface area contributed by atoms with Gasteiger partial charge in [0.1, 0.15) is 11.6 Å². The van der Waals surface area contributed by atoms with Gasteiger partial charge in [-0.15, -0.1) is 0 Å². The Labute approximate surface area is 151 Å². The smallest absolute Gasteiger partial charge is 0.306 e. The van der Waals surface area contributed by atoms with Crippen molar-refractivity contribution in [2.24, 2.45) is 5.92 Å². The summed E-state index contributed by atoms with van der Waals surface area (Å²) >= 11 is 0. The lowest BCUT2D eigenvalue weighted by molar-refractivity contribution is -0.145. The van der Waals surface area contributed by atoms with Crippen molar-refractivity contribution in [3.8, 4) is 6.07 Å². The monoisotopic (exact) mass is 356 g/mol. The van der Waals surface area contributed by atoms with E-state index in [1.54, 1.807) is 24.3 Å². The summed E-state index contributed by atoms with van der Waals surface area (Å²) in [5.41, 5.74) is 1.14. The van der Waals surface area contributed by atoms with Crippen molar-refractivity contribution in [1.29, 1.82) is 5.26 Å². The van der Waals surface area contributed by atoms with Crippen LogP contribution in [0.4, 0.5) is 11.4 Å². The van der Waals surface area contributed by atoms with Crippen molar-refractivity contribution in [1.82, 2.24) is 4.90 Å². The van der Waals surface area contributed by atoms with Crippen molar-refractivity contribution in [3.63, 3.8) is 0 Å². The standard InChI is InChI=1S/C18H20N4O4/c1-12(23)21-16-4-2-3-15(9-16)20-11-14(10-19)17(24)22-7-5-13(6-8-22)18(25)26/h2-4,9,11,13,20H,5-8H2,1H3,(H,21,23)(H,25,26)/b14-11-. The number of carboxylic acid groups (broad SMARTS) is 1. The van der Waals surface area contributed by atoms with Gasteiger partial charge in [-0.1, -0.05) is 6.07 Å². The number of carbonyl (C=O) groups is 3. The van der Waals surface area contributed by atoms with Crippen LogP contribution in [0.25, 0.3) is 0 Å². The average Bonchev–Trinajstić information content (AvgIpc) is 2.62. The molecule has 2 rings (SSSR count). The van der Waals surface area contributed by atoms with Gasteiger partial charge in [0.2, 0.25) is 5.91 Å². The molecule has 0 radical (unpaired) electrons. The van der Waals surface area contributed by atoms with Crippen LogP contribution in [0.1, 0.15) is 19.8 Å². The molecule has 1 aromatic carbocycles. The van der Waals surface area contributed by atoms with E-state index in [0.29, 0.717) is 37.3 Å². The van der Waals surface area contributed by atoms with Crippen LogP contribution in [0.15, 0.2) is 36.0 Å². The molecule has 1 aliphatic rings. The van der Waals surface area contributed by atoms with Crippen LogP contribution in [-0.4, -0.2) is 40.9 Å². The Kier molecular flexibility index (Phi) is 6.33. The Morgan fingerprint density at radius 2 is 1.92 bits per heavy atom. The number of piperidine rings is 1. The maximum atomic E-state index is 12.4. The summed E-state index contributed by atoms with van der Waals surface area (Å²) in [7, 11) is 0. The highest BCUT2D eigenvalue weighted by atomic mass is 16.4. The van der Waals surface area contributed by atoms with Crippen LogP contribution < -0.4 is 10.6 Å². The predicted octanol–water partition coefficient (Wildman–Crippen LogP) is 1.79. The molecule has 0 spiro atoms. The van der Waals surface area contributed by atoms with Gasteiger partial charge < -0.3 is 20.6 Å². The lowest BCUT2D eigenvalue weighted by atomic mass is 9.97. The number of nitrogens with zero attached hydrogens (tertiary/aromatic N) is 2. The number of hydrogen-bond donors (Lipinski definition) is 3. The van der Waals surface area contributed by atoms with Gasteiger partial charge in [0, 0.05) is 37.6 Å². The molecule has 1 aliphatic heterocycles. The van der Waals surface area contributed by atoms with Gasteiger partial charge in [-0.3, -0.25) is 14.4 Å². The highest BCUT2D eigenvalue weighted by Crippen LogP contribution is 2.19. The molecule has 0 aromatic heterocycles. The van der Waals surface area contributed by atoms with Gasteiger partial charge in [0.15, 0.2) is 0 Å². The van der Waals surface area contributed by atoms with E-state index in [1.165, 1.54) is 18.0 Å². The first-order valence-corrected chi connectivity index (χ1v) is 8.17. The van der Waals surface area contributed by atoms with E-state index < -0.39 is 17.8 Å². The number of hydrogen-bond acceptors (Lipinski definition) is 5. The molecule has 0 bridgehead atoms. The van der Waals surface area contributed by atoms with E-state index >= 15 is 0 Å². The number of benzene rings is 1. The summed E-state index contributed by atoms with van der Waals surface area (Å²) in [6.07, 6.45) is 2.08. The zero-order chi connectivity index (χ0) is 19.1. The molecule has 0 unspecified atom stereocenters. The largest absolute Gasteiger partial charge is 0.481 e. The lowest BCUT2D eigenvalue weighted by Gasteiger charge is -2.29. The summed E-state index contributed by atoms with van der Waals surface area (Å²) in [5.74, 6) is -1.92. The SMILES string of the molecule is CC(=O)Nc1cccc(N/C=C(/C#N)C(=O)N2CCC(C(=O)O)CC2)c1. The number of carboxylic acids is 1. The molecule has 1 fully saturated rings. The summed E-state index contributed by atoms with van der Waals surface area (Å²) in [5, 5.41) is 23.8. The molecule has 1 aromatic rings. The highest BCUT2D eigenvalue weighted by molar-refractivity contribution is 5.97. The van der Waals surface area contributed by atoms with Gasteiger partial charge >= 0.3 is 5.97 Å². The van der Waals surface area contributed by atoms with Gasteiger partial charge in [0.05, 0.1) is 5.92 Å². The number of aliphatic carboxylic acids is 1. The second-order valence-electron chi connectivity index (χ2n) is 5.98. The molecular weight excluding hydrogens is 336 g/mol. The van der Waals surface area contributed by atoms with Crippen molar-refractivity contribution in [2.75, 3.05) is 23.7 Å². The maximum Gasteiger partial charge on any atom is 0.306 e. The normalized spacial score (nSPS) is 15.1. The molecule has 0 aliphatic carbocycles. The fraction of sp³-hybridized carbons (Fsp3) is 0.333. The van der Waals surface area contributed by atoms with E-state index in [-0.39, 0.29) is 11.5 Å². The number of amides is 2. The van der Waals surface area contributed by atoms with E-state index in [9.17, 15) is 19.6 Å². The molecule has 0 saturated carbocycles. The third-order valence-corrected chi connectivity index (χ3v) is 4.05. The van der Waals surface area contributed by atoms with Gasteiger partial charge in [-0.25, -0.2) is 0 Å². The number of carbonyl (C=O) groups excluding carboxylic acids is 2. The molecule has 136 valence electrons. The molecular formula is C18H20N4O4. The van der Waals surface area contributed by atoms with Crippen LogP contribution >= 0.6 is 0 Å². The summed E-state index contributed by atoms with van der Waals surface area (Å²) < 4.78 is 0. The molecule has 0 atom stereocenters. The second-order valence-corrected chi connectivity index (χ2v) is 5.98. The summed E-state index contributed by atoms with van der Waals surface area (Å²) in [4.78, 5) is 36.0. The Morgan fingerprint density at radius 1 is 1.27 bits per heavy atom. The predicted molar refractivity (Wildman–Crippen MR) is 95.0 cm³/mol. The fourth-order valence-electron chi connectivity index (χ4n) is 2.69. The Morgan fingerprint density at radius 3 is 2.50 bits per heavy atom. The minimum atomic E-state index is -0.853. The van der Waals surface area contributed by atoms with E-state index in [4.69, 9.17) is 5.11 Å². The summed E-state index contributed by atoms with van der Waals surface area (Å²) in [6, 6.07) is 8.73. The molecule has 1 saturated heterocycles. The third kappa shape index (κ3) is 5.08. The minimum Gasteiger partial charge on any atom is -0.481 e. The number of anilines is 2. The average molecular weight is 356 g/mol. The number of nitriles is 1. The zero-order valence-electron chi connectivity index (χ0n) is 14.4. The van der Waals surface area contributed by atoms with Crippen molar-refractivity contribution in [3.05, 3.63) is 36.0 Å². The van der Waals surface area contributed by atoms with Crippen LogP contribution in [0.2, 0.25) is 0 Å². The maximum absolute atomic E-state index is 12.4. The van der Waals surface area contributed by atoms with Crippen LogP contribution in [0.3, 0.4) is 0 Å². The number of likely N-dealkylation sites (tertiary alicyclic amines) is 1. The minimum absolute atomic E-state index is 0.0660. The highest BCUT2D eigenvalue weighted by Gasteiger charge is 2.28. The fourth-order valence-corrected chi connectivity index (χ4v) is 2.69. The zero-order valence-corrected chi connectivity index (χ0v) is 14.4. The first-order valence-electron chi connectivity index (χ1n) is 8.17. The van der Waals surface area contributed by atoms with E-state index in [2.05, 4.69) is 10.6 Å². The second kappa shape index (κ2) is 8.67. The first kappa shape index (κ1) is 19.0. The Hall–Kier alpha value is -3.34. The number of nitrogens with one attached hydrogen (secondary N) is 2. The molecule has 8 heteroatoms. The van der Waals surface area contributed by atoms with Crippen molar-refractivity contribution in [2.45, 2.75) is 19.8 Å². The van der Waals surface area contributed by atoms with E-state index in [0.717, 1.165) is 0 Å². The van der Waals surface area contributed by atoms with Crippen molar-refractivity contribution < 1.29 is 19.5 Å². The van der Waals surface area contributed by atoms with E-state index in [1.807, 2.05) is 6.07 Å². The van der Waals surface area contributed by atoms with Crippen molar-refractivity contribution >= 4 is 29.2 Å². The lowest BCUT2D eigenvalue weighted by Crippen LogP contribution is -2.40. The van der Waals surface area contributed by atoms with Crippen LogP contribution in [-0.2, 0) is 14.4 Å². The topological polar surface area (TPSA) is 123 Å². The molecule has 8 nitrogen and oxygen atoms in total. The Bertz CT molecular complexity index is 774. The molecule has 1 heterocycles. The summed E-state index contributed by atoms with van der Waals surface area (Å²) in [6.45, 7) is 2.03. The molecule has 3 N–H and O–H groups in total. The number of rotatable bonds is 5. The third-order valence-electron chi connectivity index (χ3n) is 4.05. The van der Waals surface area contributed by atoms with Gasteiger partial charge in [0.25, 0.3) is 5.91 Å². The van der Waals surface area contributed by atoms with Gasteiger partial charge in [-0.05, 0) is 31.0 Å². The van der Waals surface area contributed by atoms with Crippen LogP contribution in [0, 0.1) is 17.2 Å². The Balaban J connectivity index is 2.02. The first-order chi connectivity index (χ1) is 12.4. The molecule has 2 amide bonds.